The van der Waals surface area contributed by atoms with Crippen LogP contribution in [-0.4, -0.2) is 75.4 Å². The number of nitrogens with zero attached hydrogens (tertiary/aromatic N) is 1. The van der Waals surface area contributed by atoms with Crippen molar-refractivity contribution in [3.63, 3.8) is 0 Å². The fourth-order valence-electron chi connectivity index (χ4n) is 4.70. The molecule has 0 saturated carbocycles. The molecule has 0 bridgehead atoms. The molecular formula is C26H30N2O9. The van der Waals surface area contributed by atoms with Gasteiger partial charge in [0.25, 0.3) is 0 Å². The van der Waals surface area contributed by atoms with Crippen molar-refractivity contribution in [1.29, 1.82) is 0 Å². The van der Waals surface area contributed by atoms with E-state index in [2.05, 4.69) is 22.3 Å². The van der Waals surface area contributed by atoms with Gasteiger partial charge in [0.2, 0.25) is 0 Å². The molecule has 37 heavy (non-hydrogen) atoms. The molecular weight excluding hydrogens is 484 g/mol. The second kappa shape index (κ2) is 10.6. The SMILES string of the molecule is CC(=O)OC[C@H]1O[C@@H](O)[C@H](OOc2cc(C)cc3[nH]nc(CCc4ccc5c(c4)CCO5)c23)[C@@H](O)[C@@H]1O. The van der Waals surface area contributed by atoms with Gasteiger partial charge in [0.05, 0.1) is 23.2 Å². The predicted octanol–water partition coefficient (Wildman–Crippen LogP) is 1.27. The molecule has 11 heteroatoms. The highest BCUT2D eigenvalue weighted by Gasteiger charge is 2.46. The Balaban J connectivity index is 1.29. The average Bonchev–Trinajstić information content (AvgIpc) is 3.50. The van der Waals surface area contributed by atoms with Crippen molar-refractivity contribution in [1.82, 2.24) is 10.2 Å². The Labute approximate surface area is 212 Å². The van der Waals surface area contributed by atoms with Crippen LogP contribution in [-0.2, 0) is 38.4 Å². The Morgan fingerprint density at radius 2 is 2.00 bits per heavy atom. The first-order valence-corrected chi connectivity index (χ1v) is 12.2. The number of benzene rings is 2. The fraction of sp³-hybridized carbons (Fsp3) is 0.462. The Hall–Kier alpha value is -3.22. The molecule has 198 valence electrons. The number of rotatable bonds is 8. The van der Waals surface area contributed by atoms with Crippen LogP contribution in [0, 0.1) is 6.92 Å². The lowest BCUT2D eigenvalue weighted by Crippen LogP contribution is -2.59. The molecule has 5 rings (SSSR count). The number of carbonyl (C=O) groups is 1. The fourth-order valence-corrected chi connectivity index (χ4v) is 4.70. The topological polar surface area (TPSA) is 153 Å². The number of aliphatic hydroxyl groups excluding tert-OH is 3. The minimum absolute atomic E-state index is 0.327. The smallest absolute Gasteiger partial charge is 0.302 e. The van der Waals surface area contributed by atoms with E-state index in [0.717, 1.165) is 35.4 Å². The van der Waals surface area contributed by atoms with E-state index in [-0.39, 0.29) is 6.61 Å². The monoisotopic (exact) mass is 514 g/mol. The van der Waals surface area contributed by atoms with Crippen LogP contribution in [0.1, 0.15) is 29.3 Å². The molecule has 0 amide bonds. The van der Waals surface area contributed by atoms with Crippen molar-refractivity contribution in [2.24, 2.45) is 0 Å². The first-order valence-electron chi connectivity index (χ1n) is 12.2. The first-order chi connectivity index (χ1) is 17.8. The summed E-state index contributed by atoms with van der Waals surface area (Å²) in [4.78, 5) is 22.0. The Morgan fingerprint density at radius 3 is 2.81 bits per heavy atom. The van der Waals surface area contributed by atoms with E-state index in [1.54, 1.807) is 6.07 Å². The third-order valence-electron chi connectivity index (χ3n) is 6.61. The van der Waals surface area contributed by atoms with Crippen LogP contribution >= 0.6 is 0 Å². The van der Waals surface area contributed by atoms with Crippen LogP contribution in [0.3, 0.4) is 0 Å². The zero-order valence-electron chi connectivity index (χ0n) is 20.5. The number of esters is 1. The summed E-state index contributed by atoms with van der Waals surface area (Å²) >= 11 is 0. The second-order valence-electron chi connectivity index (χ2n) is 9.39. The van der Waals surface area contributed by atoms with Gasteiger partial charge in [-0.2, -0.15) is 9.99 Å². The van der Waals surface area contributed by atoms with Gasteiger partial charge in [0.1, 0.15) is 30.7 Å². The van der Waals surface area contributed by atoms with E-state index in [9.17, 15) is 20.1 Å². The third-order valence-corrected chi connectivity index (χ3v) is 6.61. The summed E-state index contributed by atoms with van der Waals surface area (Å²) in [5.41, 5.74) is 4.78. The summed E-state index contributed by atoms with van der Waals surface area (Å²) in [6, 6.07) is 9.90. The van der Waals surface area contributed by atoms with Gasteiger partial charge in [-0.05, 0) is 54.7 Å². The number of ether oxygens (including phenoxy) is 3. The number of aliphatic hydroxyl groups is 3. The molecule has 1 saturated heterocycles. The largest absolute Gasteiger partial charge is 0.493 e. The Kier molecular flexibility index (Phi) is 7.31. The van der Waals surface area contributed by atoms with Gasteiger partial charge in [-0.15, -0.1) is 0 Å². The van der Waals surface area contributed by atoms with Crippen LogP contribution in [0.15, 0.2) is 30.3 Å². The standard InChI is InChI=1S/C26H30N2O9/c1-13-9-18-22(17(27-28-18)5-3-15-4-6-19-16(11-15)7-8-33-19)20(10-13)36-37-25-24(31)23(30)21(35-26(25)32)12-34-14(2)29/h4,6,9-11,21,23-26,30-32H,3,5,7-8,12H2,1-2H3,(H,27,28)/t21-,23-,24+,25-,26-/m1/s1. The van der Waals surface area contributed by atoms with E-state index in [4.69, 9.17) is 24.0 Å². The molecule has 0 aliphatic carbocycles. The highest BCUT2D eigenvalue weighted by molar-refractivity contribution is 5.88. The highest BCUT2D eigenvalue weighted by atomic mass is 17.2. The van der Waals surface area contributed by atoms with Crippen molar-refractivity contribution in [2.45, 2.75) is 63.8 Å². The molecule has 11 nitrogen and oxygen atoms in total. The summed E-state index contributed by atoms with van der Waals surface area (Å²) in [6.45, 7) is 3.47. The molecule has 2 aliphatic heterocycles. The van der Waals surface area contributed by atoms with Crippen LogP contribution < -0.4 is 9.62 Å². The number of fused-ring (bicyclic) bond motifs is 2. The van der Waals surface area contributed by atoms with Gasteiger partial charge in [0.15, 0.2) is 18.1 Å². The molecule has 0 radical (unpaired) electrons. The van der Waals surface area contributed by atoms with Crippen molar-refractivity contribution in [3.8, 4) is 11.5 Å². The maximum Gasteiger partial charge on any atom is 0.302 e. The molecule has 3 heterocycles. The van der Waals surface area contributed by atoms with Crippen molar-refractivity contribution in [2.75, 3.05) is 13.2 Å². The van der Waals surface area contributed by atoms with Crippen LogP contribution in [0.4, 0.5) is 0 Å². The normalized spacial score (nSPS) is 25.1. The maximum atomic E-state index is 11.0. The summed E-state index contributed by atoms with van der Waals surface area (Å²) in [5, 5.41) is 39.5. The van der Waals surface area contributed by atoms with E-state index >= 15 is 0 Å². The lowest BCUT2D eigenvalue weighted by atomic mass is 9.99. The lowest BCUT2D eigenvalue weighted by molar-refractivity contribution is -0.364. The minimum Gasteiger partial charge on any atom is -0.493 e. The van der Waals surface area contributed by atoms with Gasteiger partial charge >= 0.3 is 5.97 Å². The third kappa shape index (κ3) is 5.41. The van der Waals surface area contributed by atoms with Crippen LogP contribution in [0.2, 0.25) is 0 Å². The average molecular weight is 515 g/mol. The van der Waals surface area contributed by atoms with Crippen LogP contribution in [0.25, 0.3) is 10.9 Å². The van der Waals surface area contributed by atoms with Gasteiger partial charge < -0.3 is 34.4 Å². The molecule has 2 aromatic carbocycles. The van der Waals surface area contributed by atoms with Crippen molar-refractivity contribution >= 4 is 16.9 Å². The lowest BCUT2D eigenvalue weighted by Gasteiger charge is -2.39. The number of aromatic nitrogens is 2. The number of aryl methyl sites for hydroxylation is 3. The Morgan fingerprint density at radius 1 is 1.16 bits per heavy atom. The number of carbonyl (C=O) groups excluding carboxylic acids is 1. The number of hydrogen-bond donors (Lipinski definition) is 4. The second-order valence-corrected chi connectivity index (χ2v) is 9.39. The van der Waals surface area contributed by atoms with Crippen molar-refractivity contribution in [3.05, 3.63) is 52.7 Å². The number of nitrogens with one attached hydrogen (secondary N) is 1. The number of H-pyrrole nitrogens is 1. The predicted molar refractivity (Wildman–Crippen MR) is 129 cm³/mol. The summed E-state index contributed by atoms with van der Waals surface area (Å²) in [5.74, 6) is 0.708. The molecule has 0 spiro atoms. The molecule has 3 aromatic rings. The van der Waals surface area contributed by atoms with E-state index in [0.29, 0.717) is 24.2 Å². The first kappa shape index (κ1) is 25.4. The molecule has 2 aliphatic rings. The van der Waals surface area contributed by atoms with Gasteiger partial charge in [-0.3, -0.25) is 9.89 Å². The molecule has 0 unspecified atom stereocenters. The number of aromatic amines is 1. The van der Waals surface area contributed by atoms with E-state index < -0.39 is 36.7 Å². The highest BCUT2D eigenvalue weighted by Crippen LogP contribution is 2.32. The molecule has 1 aromatic heterocycles. The summed E-state index contributed by atoms with van der Waals surface area (Å²) in [7, 11) is 0. The molecule has 1 fully saturated rings. The van der Waals surface area contributed by atoms with E-state index in [1.165, 1.54) is 18.1 Å². The van der Waals surface area contributed by atoms with Crippen molar-refractivity contribution < 1.29 is 44.1 Å². The maximum absolute atomic E-state index is 11.0. The number of hydrogen-bond acceptors (Lipinski definition) is 10. The zero-order chi connectivity index (χ0) is 26.1. The molecule has 5 atom stereocenters. The van der Waals surface area contributed by atoms with Gasteiger partial charge in [0, 0.05) is 13.3 Å². The van der Waals surface area contributed by atoms with E-state index in [1.807, 2.05) is 19.1 Å². The minimum atomic E-state index is -1.63. The molecule has 4 N–H and O–H groups in total. The summed E-state index contributed by atoms with van der Waals surface area (Å²) in [6.07, 6.45) is -4.90. The Bertz CT molecular complexity index is 1280. The summed E-state index contributed by atoms with van der Waals surface area (Å²) < 4.78 is 15.7. The van der Waals surface area contributed by atoms with Gasteiger partial charge in [-0.1, -0.05) is 12.1 Å². The van der Waals surface area contributed by atoms with Gasteiger partial charge in [-0.25, -0.2) is 0 Å². The zero-order valence-corrected chi connectivity index (χ0v) is 20.5. The quantitative estimate of drug-likeness (QED) is 0.196. The van der Waals surface area contributed by atoms with Crippen LogP contribution in [0.5, 0.6) is 11.5 Å².